The molecule has 2 aromatic carbocycles. The number of para-hydroxylation sites is 2. The van der Waals surface area contributed by atoms with E-state index in [-0.39, 0.29) is 30.9 Å². The summed E-state index contributed by atoms with van der Waals surface area (Å²) in [7, 11) is 0. The molecule has 148 valence electrons. The minimum Gasteiger partial charge on any atom is -0.482 e. The number of nitrogens with one attached hydrogen (secondary N) is 1. The van der Waals surface area contributed by atoms with Crippen LogP contribution < -0.4 is 15.0 Å². The Kier molecular flexibility index (Phi) is 5.29. The molecule has 4 rings (SSSR count). The molecule has 0 fully saturated rings. The van der Waals surface area contributed by atoms with Gasteiger partial charge in [-0.25, -0.2) is 4.98 Å². The first-order chi connectivity index (χ1) is 14.1. The van der Waals surface area contributed by atoms with Crippen LogP contribution >= 0.6 is 0 Å². The molecule has 7 heteroatoms. The third-order valence-corrected chi connectivity index (χ3v) is 4.94. The summed E-state index contributed by atoms with van der Waals surface area (Å²) >= 11 is 0. The predicted molar refractivity (Wildman–Crippen MR) is 109 cm³/mol. The SMILES string of the molecule is CC(NC(=O)CCN1C(=O)COc2ccccc21)c1ccc(-n2ccnc2)cc1. The number of anilines is 1. The summed E-state index contributed by atoms with van der Waals surface area (Å²) in [5.74, 6) is 0.423. The molecule has 0 spiro atoms. The van der Waals surface area contributed by atoms with Crippen molar-refractivity contribution in [3.8, 4) is 11.4 Å². The van der Waals surface area contributed by atoms with E-state index in [2.05, 4.69) is 10.3 Å². The Balaban J connectivity index is 1.34. The summed E-state index contributed by atoms with van der Waals surface area (Å²) in [4.78, 5) is 30.3. The third-order valence-electron chi connectivity index (χ3n) is 4.94. The molecule has 1 unspecified atom stereocenters. The molecule has 1 aliphatic rings. The number of amides is 2. The minimum absolute atomic E-state index is 0.00169. The Morgan fingerprint density at radius 2 is 2.00 bits per heavy atom. The lowest BCUT2D eigenvalue weighted by atomic mass is 10.1. The quantitative estimate of drug-likeness (QED) is 0.702. The van der Waals surface area contributed by atoms with Gasteiger partial charge < -0.3 is 19.5 Å². The van der Waals surface area contributed by atoms with Gasteiger partial charge in [0.05, 0.1) is 18.1 Å². The number of rotatable bonds is 6. The van der Waals surface area contributed by atoms with Crippen molar-refractivity contribution in [3.63, 3.8) is 0 Å². The van der Waals surface area contributed by atoms with E-state index in [0.29, 0.717) is 18.0 Å². The van der Waals surface area contributed by atoms with Crippen molar-refractivity contribution in [3.05, 3.63) is 72.8 Å². The molecule has 1 atom stereocenters. The van der Waals surface area contributed by atoms with Gasteiger partial charge in [0.2, 0.25) is 5.91 Å². The van der Waals surface area contributed by atoms with E-state index in [9.17, 15) is 9.59 Å². The fraction of sp³-hybridized carbons (Fsp3) is 0.227. The average molecular weight is 390 g/mol. The molecule has 1 aliphatic heterocycles. The van der Waals surface area contributed by atoms with E-state index in [1.807, 2.05) is 66.2 Å². The summed E-state index contributed by atoms with van der Waals surface area (Å²) < 4.78 is 7.36. The highest BCUT2D eigenvalue weighted by molar-refractivity contribution is 5.98. The maximum atomic E-state index is 12.4. The van der Waals surface area contributed by atoms with Gasteiger partial charge in [-0.1, -0.05) is 24.3 Å². The first-order valence-corrected chi connectivity index (χ1v) is 9.51. The lowest BCUT2D eigenvalue weighted by molar-refractivity contribution is -0.122. The molecule has 2 amide bonds. The second-order valence-electron chi connectivity index (χ2n) is 6.90. The van der Waals surface area contributed by atoms with Crippen LogP contribution in [0, 0.1) is 0 Å². The van der Waals surface area contributed by atoms with Crippen LogP contribution in [-0.2, 0) is 9.59 Å². The third kappa shape index (κ3) is 4.13. The lowest BCUT2D eigenvalue weighted by Gasteiger charge is -2.29. The topological polar surface area (TPSA) is 76.5 Å². The number of hydrogen-bond acceptors (Lipinski definition) is 4. The Hall–Kier alpha value is -3.61. The van der Waals surface area contributed by atoms with Crippen LogP contribution in [0.1, 0.15) is 24.9 Å². The van der Waals surface area contributed by atoms with Gasteiger partial charge in [-0.2, -0.15) is 0 Å². The van der Waals surface area contributed by atoms with Gasteiger partial charge >= 0.3 is 0 Å². The lowest BCUT2D eigenvalue weighted by Crippen LogP contribution is -2.41. The summed E-state index contributed by atoms with van der Waals surface area (Å²) in [6, 6.07) is 15.2. The Morgan fingerprint density at radius 3 is 2.76 bits per heavy atom. The Labute approximate surface area is 168 Å². The normalized spacial score (nSPS) is 14.1. The molecule has 0 saturated carbocycles. The van der Waals surface area contributed by atoms with Crippen molar-refractivity contribution in [2.75, 3.05) is 18.1 Å². The monoisotopic (exact) mass is 390 g/mol. The highest BCUT2D eigenvalue weighted by Gasteiger charge is 2.25. The van der Waals surface area contributed by atoms with Crippen LogP contribution in [0.15, 0.2) is 67.3 Å². The Bertz CT molecular complexity index is 999. The summed E-state index contributed by atoms with van der Waals surface area (Å²) in [6.07, 6.45) is 5.57. The Morgan fingerprint density at radius 1 is 1.21 bits per heavy atom. The number of nitrogens with zero attached hydrogens (tertiary/aromatic N) is 3. The van der Waals surface area contributed by atoms with Crippen molar-refractivity contribution in [1.82, 2.24) is 14.9 Å². The van der Waals surface area contributed by atoms with E-state index in [4.69, 9.17) is 4.74 Å². The van der Waals surface area contributed by atoms with Crippen molar-refractivity contribution in [2.45, 2.75) is 19.4 Å². The van der Waals surface area contributed by atoms with Gasteiger partial charge in [-0.05, 0) is 36.8 Å². The molecule has 1 aromatic heterocycles. The number of fused-ring (bicyclic) bond motifs is 1. The largest absolute Gasteiger partial charge is 0.482 e. The van der Waals surface area contributed by atoms with Gasteiger partial charge in [0, 0.05) is 31.0 Å². The van der Waals surface area contributed by atoms with E-state index < -0.39 is 0 Å². The van der Waals surface area contributed by atoms with E-state index in [1.54, 1.807) is 17.4 Å². The fourth-order valence-electron chi connectivity index (χ4n) is 3.36. The number of aromatic nitrogens is 2. The summed E-state index contributed by atoms with van der Waals surface area (Å²) in [5.41, 5.74) is 2.73. The van der Waals surface area contributed by atoms with Crippen LogP contribution in [0.5, 0.6) is 5.75 Å². The zero-order valence-electron chi connectivity index (χ0n) is 16.1. The van der Waals surface area contributed by atoms with Gasteiger partial charge in [0.25, 0.3) is 5.91 Å². The molecule has 0 aliphatic carbocycles. The smallest absolute Gasteiger partial charge is 0.265 e. The number of carbonyl (C=O) groups excluding carboxylic acids is 2. The van der Waals surface area contributed by atoms with Crippen molar-refractivity contribution >= 4 is 17.5 Å². The zero-order valence-corrected chi connectivity index (χ0v) is 16.1. The molecule has 7 nitrogen and oxygen atoms in total. The molecule has 1 N–H and O–H groups in total. The van der Waals surface area contributed by atoms with Gasteiger partial charge in [-0.15, -0.1) is 0 Å². The number of ether oxygens (including phenoxy) is 1. The zero-order chi connectivity index (χ0) is 20.2. The molecule has 2 heterocycles. The number of benzene rings is 2. The van der Waals surface area contributed by atoms with Gasteiger partial charge in [-0.3, -0.25) is 9.59 Å². The predicted octanol–water partition coefficient (Wildman–Crippen LogP) is 2.87. The molecule has 29 heavy (non-hydrogen) atoms. The minimum atomic E-state index is -0.139. The van der Waals surface area contributed by atoms with E-state index in [1.165, 1.54) is 0 Å². The molecular formula is C22H22N4O3. The van der Waals surface area contributed by atoms with Crippen LogP contribution in [-0.4, -0.2) is 34.5 Å². The van der Waals surface area contributed by atoms with Gasteiger partial charge in [0.15, 0.2) is 6.61 Å². The summed E-state index contributed by atoms with van der Waals surface area (Å²) in [6.45, 7) is 2.26. The van der Waals surface area contributed by atoms with Crippen LogP contribution in [0.25, 0.3) is 5.69 Å². The second kappa shape index (κ2) is 8.18. The molecule has 0 bridgehead atoms. The molecule has 0 saturated heterocycles. The number of carbonyl (C=O) groups is 2. The second-order valence-corrected chi connectivity index (χ2v) is 6.90. The summed E-state index contributed by atoms with van der Waals surface area (Å²) in [5, 5.41) is 3.00. The van der Waals surface area contributed by atoms with Crippen molar-refractivity contribution in [1.29, 1.82) is 0 Å². The van der Waals surface area contributed by atoms with Crippen LogP contribution in [0.3, 0.4) is 0 Å². The standard InChI is InChI=1S/C22H22N4O3/c1-16(17-6-8-18(9-7-17)25-13-11-23-15-25)24-21(27)10-12-26-19-4-2-3-5-20(19)29-14-22(26)28/h2-9,11,13,15-16H,10,12,14H2,1H3,(H,24,27). The maximum absolute atomic E-state index is 12.4. The first-order valence-electron chi connectivity index (χ1n) is 9.51. The molecular weight excluding hydrogens is 368 g/mol. The molecule has 0 radical (unpaired) electrons. The van der Waals surface area contributed by atoms with Crippen molar-refractivity contribution < 1.29 is 14.3 Å². The van der Waals surface area contributed by atoms with Crippen LogP contribution in [0.4, 0.5) is 5.69 Å². The highest BCUT2D eigenvalue weighted by Crippen LogP contribution is 2.31. The maximum Gasteiger partial charge on any atom is 0.265 e. The highest BCUT2D eigenvalue weighted by atomic mass is 16.5. The average Bonchev–Trinajstić information content (AvgIpc) is 3.28. The van der Waals surface area contributed by atoms with E-state index in [0.717, 1.165) is 11.3 Å². The van der Waals surface area contributed by atoms with Crippen molar-refractivity contribution in [2.24, 2.45) is 0 Å². The van der Waals surface area contributed by atoms with Gasteiger partial charge in [0.1, 0.15) is 5.75 Å². The first kappa shape index (κ1) is 18.7. The van der Waals surface area contributed by atoms with Crippen LogP contribution in [0.2, 0.25) is 0 Å². The number of hydrogen-bond donors (Lipinski definition) is 1. The fourth-order valence-corrected chi connectivity index (χ4v) is 3.36. The molecule has 3 aromatic rings. The number of imidazole rings is 1. The van der Waals surface area contributed by atoms with E-state index >= 15 is 0 Å².